The smallest absolute Gasteiger partial charge is 0.248 e. The largest absolute Gasteiger partial charge is 0.379 e. The van der Waals surface area contributed by atoms with E-state index < -0.39 is 5.82 Å². The first-order valence-corrected chi connectivity index (χ1v) is 13.7. The van der Waals surface area contributed by atoms with E-state index in [0.717, 1.165) is 24.9 Å². The third-order valence-corrected chi connectivity index (χ3v) is 7.58. The monoisotopic (exact) mass is 562 g/mol. The van der Waals surface area contributed by atoms with Crippen molar-refractivity contribution >= 4 is 45.6 Å². The second-order valence-electron chi connectivity index (χ2n) is 10.3. The van der Waals surface area contributed by atoms with E-state index in [2.05, 4.69) is 43.4 Å². The Morgan fingerprint density at radius 3 is 2.70 bits per heavy atom. The maximum atomic E-state index is 14.4. The minimum atomic E-state index is -0.592. The summed E-state index contributed by atoms with van der Waals surface area (Å²) in [5, 5.41) is 6.30. The molecule has 2 atom stereocenters. The summed E-state index contributed by atoms with van der Waals surface area (Å²) in [6, 6.07) is 7.97. The van der Waals surface area contributed by atoms with Crippen molar-refractivity contribution in [1.29, 1.82) is 0 Å². The third kappa shape index (κ3) is 6.95. The molecular formula is C30H32ClFN6O2. The number of nitrogens with one attached hydrogen (secondary N) is 2. The molecule has 208 valence electrons. The lowest BCUT2D eigenvalue weighted by Crippen LogP contribution is -2.36. The number of aromatic nitrogens is 2. The molecule has 3 fully saturated rings. The van der Waals surface area contributed by atoms with E-state index in [1.807, 2.05) is 0 Å². The van der Waals surface area contributed by atoms with Gasteiger partial charge in [-0.05, 0) is 49.6 Å². The average molecular weight is 563 g/mol. The number of ether oxygens (including phenoxy) is 1. The number of piperidine rings is 1. The molecule has 3 heterocycles. The van der Waals surface area contributed by atoms with Crippen molar-refractivity contribution in [1.82, 2.24) is 19.8 Å². The molecule has 2 N–H and O–H groups in total. The molecule has 10 heteroatoms. The molecular weight excluding hydrogens is 531 g/mol. The van der Waals surface area contributed by atoms with Crippen LogP contribution in [0.15, 0.2) is 48.8 Å². The summed E-state index contributed by atoms with van der Waals surface area (Å²) < 4.78 is 19.7. The average Bonchev–Trinajstić information content (AvgIpc) is 3.57. The zero-order valence-electron chi connectivity index (χ0n) is 22.4. The molecule has 3 aliphatic rings. The fraction of sp³-hybridized carbons (Fsp3) is 0.367. The summed E-state index contributed by atoms with van der Waals surface area (Å²) in [5.41, 5.74) is 1.61. The molecule has 2 aromatic carbocycles. The second-order valence-corrected chi connectivity index (χ2v) is 10.7. The molecule has 8 nitrogen and oxygen atoms in total. The molecule has 1 aromatic heterocycles. The number of fused-ring (bicyclic) bond motifs is 2. The van der Waals surface area contributed by atoms with E-state index in [1.165, 1.54) is 38.0 Å². The van der Waals surface area contributed by atoms with Crippen molar-refractivity contribution in [2.75, 3.05) is 63.6 Å². The van der Waals surface area contributed by atoms with Crippen LogP contribution in [0.5, 0.6) is 0 Å². The molecule has 1 aliphatic carbocycles. The highest BCUT2D eigenvalue weighted by Gasteiger charge is 2.43. The van der Waals surface area contributed by atoms with Crippen LogP contribution in [-0.2, 0) is 9.53 Å². The number of rotatable bonds is 6. The number of carbonyl (C=O) groups is 1. The van der Waals surface area contributed by atoms with Gasteiger partial charge >= 0.3 is 0 Å². The zero-order chi connectivity index (χ0) is 28.1. The summed E-state index contributed by atoms with van der Waals surface area (Å²) in [6.07, 6.45) is 11.8. The van der Waals surface area contributed by atoms with Crippen LogP contribution in [0.25, 0.3) is 10.9 Å². The van der Waals surface area contributed by atoms with Crippen molar-refractivity contribution in [3.63, 3.8) is 0 Å². The Hall–Kier alpha value is -3.55. The van der Waals surface area contributed by atoms with Gasteiger partial charge < -0.3 is 20.3 Å². The van der Waals surface area contributed by atoms with E-state index in [-0.39, 0.29) is 16.6 Å². The van der Waals surface area contributed by atoms with Crippen molar-refractivity contribution in [2.45, 2.75) is 6.42 Å². The predicted molar refractivity (Wildman–Crippen MR) is 156 cm³/mol. The Labute approximate surface area is 238 Å². The minimum Gasteiger partial charge on any atom is -0.379 e. The first-order chi connectivity index (χ1) is 19.4. The Morgan fingerprint density at radius 2 is 2.00 bits per heavy atom. The highest BCUT2D eigenvalue weighted by atomic mass is 35.5. The Kier molecular flexibility index (Phi) is 8.92. The highest BCUT2D eigenvalue weighted by Crippen LogP contribution is 2.44. The lowest BCUT2D eigenvalue weighted by atomic mass is 10.1. The van der Waals surface area contributed by atoms with Crippen molar-refractivity contribution in [2.24, 2.45) is 11.8 Å². The van der Waals surface area contributed by atoms with E-state index in [4.69, 9.17) is 22.8 Å². The predicted octanol–water partition coefficient (Wildman–Crippen LogP) is 4.54. The van der Waals surface area contributed by atoms with Gasteiger partial charge in [-0.1, -0.05) is 29.7 Å². The molecule has 0 radical (unpaired) electrons. The summed E-state index contributed by atoms with van der Waals surface area (Å²) in [4.78, 5) is 25.6. The van der Waals surface area contributed by atoms with Crippen LogP contribution < -0.4 is 10.6 Å². The van der Waals surface area contributed by atoms with Crippen molar-refractivity contribution in [3.05, 3.63) is 65.2 Å². The molecule has 6 rings (SSSR count). The van der Waals surface area contributed by atoms with E-state index >= 15 is 0 Å². The fourth-order valence-electron chi connectivity index (χ4n) is 5.05. The van der Waals surface area contributed by atoms with Crippen molar-refractivity contribution in [3.8, 4) is 12.3 Å². The first kappa shape index (κ1) is 28.0. The molecule has 3 aromatic rings. The number of carbonyl (C=O) groups excluding carboxylic acids is 1. The van der Waals surface area contributed by atoms with Crippen LogP contribution >= 0.6 is 11.6 Å². The first-order valence-electron chi connectivity index (χ1n) is 13.3. The fourth-order valence-corrected chi connectivity index (χ4v) is 5.23. The molecule has 2 saturated heterocycles. The van der Waals surface area contributed by atoms with E-state index in [9.17, 15) is 9.18 Å². The van der Waals surface area contributed by atoms with Gasteiger partial charge in [-0.15, -0.1) is 6.42 Å². The standard InChI is InChI=1S/C24H21ClFN5O2.C6H11N/c1-2-16-13-21-17(24(28-15-27-21)30-19-6-3-5-18(25)23(19)26)14-20(16)29-22(32)7-4-8-31-9-11-33-12-10-31;1-7-3-5-2-6(5)4-7/h1,3-7,13-15H,8-12H2,(H,29,32)(H,27,28,30);5-6H,2-4H2,1H3/b7-4+;. The number of hydrogen-bond acceptors (Lipinski definition) is 7. The van der Waals surface area contributed by atoms with Gasteiger partial charge in [0, 0.05) is 44.2 Å². The summed E-state index contributed by atoms with van der Waals surface area (Å²) in [5.74, 6) is 4.24. The van der Waals surface area contributed by atoms with Gasteiger partial charge in [0.15, 0.2) is 5.82 Å². The van der Waals surface area contributed by atoms with Crippen molar-refractivity contribution < 1.29 is 13.9 Å². The summed E-state index contributed by atoms with van der Waals surface area (Å²) >= 11 is 5.88. The second kappa shape index (κ2) is 12.7. The van der Waals surface area contributed by atoms with Crippen LogP contribution in [-0.4, -0.2) is 78.7 Å². The van der Waals surface area contributed by atoms with Crippen LogP contribution in [0.1, 0.15) is 12.0 Å². The SMILES string of the molecule is C#Cc1cc2ncnc(Nc3cccc(Cl)c3F)c2cc1NC(=O)/C=C/CN1CCOCC1.CN1CC2CC2C1. The third-order valence-electron chi connectivity index (χ3n) is 7.29. The highest BCUT2D eigenvalue weighted by molar-refractivity contribution is 6.31. The number of benzene rings is 2. The number of morpholine rings is 1. The number of likely N-dealkylation sites (tertiary alicyclic amines) is 1. The topological polar surface area (TPSA) is 82.6 Å². The molecule has 2 unspecified atom stereocenters. The number of anilines is 3. The summed E-state index contributed by atoms with van der Waals surface area (Å²) in [7, 11) is 2.21. The van der Waals surface area contributed by atoms with Crippen LogP contribution in [0, 0.1) is 30.0 Å². The Morgan fingerprint density at radius 1 is 1.23 bits per heavy atom. The Balaban J connectivity index is 0.000000395. The number of terminal acetylenes is 1. The lowest BCUT2D eigenvalue weighted by molar-refractivity contribution is -0.111. The number of halogens is 2. The van der Waals surface area contributed by atoms with Gasteiger partial charge in [0.2, 0.25) is 5.91 Å². The number of amides is 1. The molecule has 40 heavy (non-hydrogen) atoms. The molecule has 1 saturated carbocycles. The normalized spacial score (nSPS) is 20.4. The molecule has 2 aliphatic heterocycles. The quantitative estimate of drug-likeness (QED) is 0.337. The maximum absolute atomic E-state index is 14.4. The maximum Gasteiger partial charge on any atom is 0.248 e. The van der Waals surface area contributed by atoms with Gasteiger partial charge in [0.25, 0.3) is 0 Å². The van der Waals surface area contributed by atoms with E-state index in [0.29, 0.717) is 47.7 Å². The minimum absolute atomic E-state index is 0.00945. The van der Waals surface area contributed by atoms with Gasteiger partial charge in [0.1, 0.15) is 12.1 Å². The summed E-state index contributed by atoms with van der Waals surface area (Å²) in [6.45, 7) is 6.47. The molecule has 0 bridgehead atoms. The van der Waals surface area contributed by atoms with E-state index in [1.54, 1.807) is 30.3 Å². The molecule has 1 amide bonds. The van der Waals surface area contributed by atoms with Gasteiger partial charge in [-0.25, -0.2) is 14.4 Å². The van der Waals surface area contributed by atoms with Crippen LogP contribution in [0.4, 0.5) is 21.6 Å². The van der Waals surface area contributed by atoms with Gasteiger partial charge in [-0.2, -0.15) is 0 Å². The zero-order valence-corrected chi connectivity index (χ0v) is 23.1. The Bertz CT molecular complexity index is 1440. The number of hydrogen-bond donors (Lipinski definition) is 2. The lowest BCUT2D eigenvalue weighted by Gasteiger charge is -2.25. The van der Waals surface area contributed by atoms with Gasteiger partial charge in [-0.3, -0.25) is 9.69 Å². The van der Waals surface area contributed by atoms with Crippen LogP contribution in [0.2, 0.25) is 5.02 Å². The van der Waals surface area contributed by atoms with Gasteiger partial charge in [0.05, 0.1) is 40.7 Å². The number of nitrogens with zero attached hydrogens (tertiary/aromatic N) is 4. The van der Waals surface area contributed by atoms with Crippen LogP contribution in [0.3, 0.4) is 0 Å². The molecule has 0 spiro atoms.